The number of ether oxygens (including phenoxy) is 1. The molecule has 2 aliphatic heterocycles. The summed E-state index contributed by atoms with van der Waals surface area (Å²) in [5.74, 6) is -1.37. The van der Waals surface area contributed by atoms with Gasteiger partial charge in [-0.2, -0.15) is 0 Å². The summed E-state index contributed by atoms with van der Waals surface area (Å²) in [7, 11) is -2.04. The Morgan fingerprint density at radius 3 is 2.26 bits per heavy atom. The van der Waals surface area contributed by atoms with Crippen molar-refractivity contribution in [2.75, 3.05) is 6.61 Å². The van der Waals surface area contributed by atoms with Gasteiger partial charge in [0.15, 0.2) is 8.32 Å². The average molecular weight is 399 g/mol. The molecule has 0 aliphatic carbocycles. The van der Waals surface area contributed by atoms with E-state index in [-0.39, 0.29) is 35.6 Å². The first-order valence-corrected chi connectivity index (χ1v) is 12.5. The highest BCUT2D eigenvalue weighted by atomic mass is 28.4. The van der Waals surface area contributed by atoms with Crippen LogP contribution in [-0.4, -0.2) is 55.4 Å². The lowest BCUT2D eigenvalue weighted by Gasteiger charge is -2.47. The molecule has 0 aromatic rings. The Bertz CT molecular complexity index is 641. The number of carbonyl (C=O) groups excluding carboxylic acids is 3. The molecule has 0 aromatic carbocycles. The number of rotatable bonds is 5. The Labute approximate surface area is 163 Å². The molecule has 2 heterocycles. The topological polar surface area (TPSA) is 84.9 Å². The van der Waals surface area contributed by atoms with Crippen molar-refractivity contribution in [2.45, 2.75) is 84.3 Å². The lowest BCUT2D eigenvalue weighted by Crippen LogP contribution is -2.68. The molecule has 2 rings (SSSR count). The molecular formula is C19H34N2O5Si. The van der Waals surface area contributed by atoms with Crippen LogP contribution in [0, 0.1) is 11.8 Å². The SMILES string of the molecule is C[C@@H](O[Si](C)(C)C(C)(C)C)[C@H]1C(=O)N[C@@H]1[C@@H](C)C(=O)N1C(=O)OCC1(C)C. The van der Waals surface area contributed by atoms with Gasteiger partial charge >= 0.3 is 6.09 Å². The second-order valence-electron chi connectivity index (χ2n) is 9.97. The van der Waals surface area contributed by atoms with E-state index in [1.807, 2.05) is 6.92 Å². The molecule has 154 valence electrons. The Kier molecular flexibility index (Phi) is 5.58. The molecule has 0 aromatic heterocycles. The van der Waals surface area contributed by atoms with Gasteiger partial charge in [0, 0.05) is 0 Å². The largest absolute Gasteiger partial charge is 0.447 e. The van der Waals surface area contributed by atoms with E-state index in [2.05, 4.69) is 39.2 Å². The monoisotopic (exact) mass is 398 g/mol. The molecule has 0 unspecified atom stereocenters. The quantitative estimate of drug-likeness (QED) is 0.568. The Morgan fingerprint density at radius 2 is 1.85 bits per heavy atom. The zero-order valence-corrected chi connectivity index (χ0v) is 19.0. The van der Waals surface area contributed by atoms with Crippen LogP contribution in [0.15, 0.2) is 0 Å². The number of amides is 3. The number of cyclic esters (lactones) is 1. The Hall–Kier alpha value is -1.41. The zero-order chi connectivity index (χ0) is 20.9. The van der Waals surface area contributed by atoms with E-state index in [0.29, 0.717) is 0 Å². The van der Waals surface area contributed by atoms with E-state index < -0.39 is 31.8 Å². The fourth-order valence-electron chi connectivity index (χ4n) is 3.43. The normalized spacial score (nSPS) is 27.5. The Morgan fingerprint density at radius 1 is 1.30 bits per heavy atom. The molecule has 0 saturated carbocycles. The molecule has 0 spiro atoms. The second-order valence-corrected chi connectivity index (χ2v) is 14.7. The summed E-state index contributed by atoms with van der Waals surface area (Å²) in [6, 6.07) is -0.353. The van der Waals surface area contributed by atoms with Gasteiger partial charge in [-0.25, -0.2) is 9.69 Å². The third kappa shape index (κ3) is 3.92. The summed E-state index contributed by atoms with van der Waals surface area (Å²) in [4.78, 5) is 38.4. The Balaban J connectivity index is 2.13. The second kappa shape index (κ2) is 6.88. The van der Waals surface area contributed by atoms with E-state index in [4.69, 9.17) is 9.16 Å². The molecule has 4 atom stereocenters. The lowest BCUT2D eigenvalue weighted by atomic mass is 9.78. The number of hydrogen-bond acceptors (Lipinski definition) is 5. The molecule has 7 nitrogen and oxygen atoms in total. The predicted molar refractivity (Wildman–Crippen MR) is 105 cm³/mol. The zero-order valence-electron chi connectivity index (χ0n) is 18.0. The van der Waals surface area contributed by atoms with Crippen molar-refractivity contribution in [2.24, 2.45) is 11.8 Å². The van der Waals surface area contributed by atoms with Crippen LogP contribution in [0.25, 0.3) is 0 Å². The van der Waals surface area contributed by atoms with Crippen LogP contribution in [-0.2, 0) is 18.8 Å². The summed E-state index contributed by atoms with van der Waals surface area (Å²) in [6.07, 6.45) is -0.914. The van der Waals surface area contributed by atoms with Crippen LogP contribution in [0.5, 0.6) is 0 Å². The molecule has 2 saturated heterocycles. The smallest absolute Gasteiger partial charge is 0.417 e. The number of carbonyl (C=O) groups is 3. The third-order valence-electron chi connectivity index (χ3n) is 6.28. The highest BCUT2D eigenvalue weighted by Gasteiger charge is 2.53. The maximum absolute atomic E-state index is 13.0. The van der Waals surface area contributed by atoms with Crippen molar-refractivity contribution in [1.29, 1.82) is 0 Å². The van der Waals surface area contributed by atoms with Gasteiger partial charge < -0.3 is 14.5 Å². The summed E-state index contributed by atoms with van der Waals surface area (Å²) < 4.78 is 11.4. The van der Waals surface area contributed by atoms with Gasteiger partial charge in [-0.05, 0) is 38.9 Å². The molecule has 8 heteroatoms. The van der Waals surface area contributed by atoms with Crippen LogP contribution in [0.4, 0.5) is 4.79 Å². The minimum atomic E-state index is -2.04. The molecule has 3 amide bonds. The van der Waals surface area contributed by atoms with Gasteiger partial charge in [0.25, 0.3) is 0 Å². The fourth-order valence-corrected chi connectivity index (χ4v) is 4.86. The summed E-state index contributed by atoms with van der Waals surface area (Å²) in [6.45, 7) is 18.2. The molecule has 1 N–H and O–H groups in total. The van der Waals surface area contributed by atoms with Crippen molar-refractivity contribution in [3.8, 4) is 0 Å². The van der Waals surface area contributed by atoms with Crippen molar-refractivity contribution in [3.05, 3.63) is 0 Å². The first-order valence-electron chi connectivity index (χ1n) is 9.59. The molecule has 27 heavy (non-hydrogen) atoms. The van der Waals surface area contributed by atoms with E-state index in [0.717, 1.165) is 0 Å². The number of hydrogen-bond donors (Lipinski definition) is 1. The molecule has 0 radical (unpaired) electrons. The number of nitrogens with zero attached hydrogens (tertiary/aromatic N) is 1. The minimum Gasteiger partial charge on any atom is -0.447 e. The van der Waals surface area contributed by atoms with E-state index in [1.165, 1.54) is 4.90 Å². The van der Waals surface area contributed by atoms with Crippen molar-refractivity contribution in [1.82, 2.24) is 10.2 Å². The highest BCUT2D eigenvalue weighted by molar-refractivity contribution is 6.74. The van der Waals surface area contributed by atoms with Crippen LogP contribution in [0.1, 0.15) is 48.5 Å². The first kappa shape index (κ1) is 21.9. The average Bonchev–Trinajstić information content (AvgIpc) is 2.74. The van der Waals surface area contributed by atoms with Gasteiger partial charge in [0.05, 0.1) is 29.5 Å². The van der Waals surface area contributed by atoms with Crippen molar-refractivity contribution < 1.29 is 23.5 Å². The van der Waals surface area contributed by atoms with Gasteiger partial charge in [0.1, 0.15) is 6.61 Å². The van der Waals surface area contributed by atoms with Crippen molar-refractivity contribution in [3.63, 3.8) is 0 Å². The summed E-state index contributed by atoms with van der Waals surface area (Å²) in [5, 5.41) is 2.87. The minimum absolute atomic E-state index is 0.0295. The molecular weight excluding hydrogens is 364 g/mol. The van der Waals surface area contributed by atoms with E-state index >= 15 is 0 Å². The fraction of sp³-hybridized carbons (Fsp3) is 0.842. The molecule has 2 aliphatic rings. The van der Waals surface area contributed by atoms with Crippen LogP contribution in [0.3, 0.4) is 0 Å². The van der Waals surface area contributed by atoms with Gasteiger partial charge in [0.2, 0.25) is 11.8 Å². The van der Waals surface area contributed by atoms with Gasteiger partial charge in [-0.1, -0.05) is 27.7 Å². The first-order chi connectivity index (χ1) is 12.1. The molecule has 0 bridgehead atoms. The van der Waals surface area contributed by atoms with Gasteiger partial charge in [-0.15, -0.1) is 0 Å². The third-order valence-corrected chi connectivity index (χ3v) is 10.8. The summed E-state index contributed by atoms with van der Waals surface area (Å²) in [5.41, 5.74) is -0.686. The van der Waals surface area contributed by atoms with E-state index in [9.17, 15) is 14.4 Å². The van der Waals surface area contributed by atoms with Crippen LogP contribution < -0.4 is 5.32 Å². The number of imide groups is 1. The van der Waals surface area contributed by atoms with Crippen molar-refractivity contribution >= 4 is 26.2 Å². The number of β-lactam (4-membered cyclic amide) rings is 1. The molecule has 2 fully saturated rings. The maximum Gasteiger partial charge on any atom is 0.417 e. The lowest BCUT2D eigenvalue weighted by molar-refractivity contribution is -0.147. The highest BCUT2D eigenvalue weighted by Crippen LogP contribution is 2.40. The number of nitrogens with one attached hydrogen (secondary N) is 1. The summed E-state index contributed by atoms with van der Waals surface area (Å²) >= 11 is 0. The standard InChI is InChI=1S/C19H34N2O5Si/c1-11(16(23)21-17(24)25-10-19(21,6)7)14-13(15(22)20-14)12(2)26-27(8,9)18(3,4)5/h11-14H,10H2,1-9H3,(H,20,22)/t11-,12-,13-,14-/m1/s1. The van der Waals surface area contributed by atoms with E-state index in [1.54, 1.807) is 20.8 Å². The predicted octanol–water partition coefficient (Wildman–Crippen LogP) is 2.90. The van der Waals surface area contributed by atoms with Gasteiger partial charge in [-0.3, -0.25) is 9.59 Å². The van der Waals surface area contributed by atoms with Crippen LogP contribution >= 0.6 is 0 Å². The van der Waals surface area contributed by atoms with Crippen LogP contribution in [0.2, 0.25) is 18.1 Å². The maximum atomic E-state index is 13.0.